The van der Waals surface area contributed by atoms with E-state index in [4.69, 9.17) is 5.73 Å². The number of hydrogen-bond donors (Lipinski definition) is 1. The molecule has 0 saturated carbocycles. The topological polar surface area (TPSA) is 43.1 Å². The van der Waals surface area contributed by atoms with Crippen molar-refractivity contribution in [1.82, 2.24) is 0 Å². The molecule has 0 spiro atoms. The van der Waals surface area contributed by atoms with E-state index in [1.165, 1.54) is 0 Å². The second-order valence-corrected chi connectivity index (χ2v) is 6.71. The zero-order chi connectivity index (χ0) is 9.19. The minimum Gasteiger partial charge on any atom is -0.322 e. The van der Waals surface area contributed by atoms with Gasteiger partial charge in [0.1, 0.15) is 7.14 Å². The van der Waals surface area contributed by atoms with Crippen molar-refractivity contribution in [2.45, 2.75) is 5.78 Å². The lowest BCUT2D eigenvalue weighted by Crippen LogP contribution is -2.09. The molecule has 0 aliphatic carbocycles. The van der Waals surface area contributed by atoms with Gasteiger partial charge in [-0.25, -0.2) is 0 Å². The van der Waals surface area contributed by atoms with Gasteiger partial charge < -0.3 is 10.3 Å². The number of nitrogens with two attached hydrogens (primary N) is 1. The van der Waals surface area contributed by atoms with Crippen LogP contribution in [-0.2, 0) is 4.57 Å². The van der Waals surface area contributed by atoms with Gasteiger partial charge in [0.05, 0.1) is 5.78 Å². The molecule has 66 valence electrons. The smallest absolute Gasteiger partial charge is 0.102 e. The van der Waals surface area contributed by atoms with Gasteiger partial charge in [-0.15, -0.1) is 0 Å². The average Bonchev–Trinajstić information content (AvgIpc) is 2.03. The molecule has 0 fully saturated rings. The first-order chi connectivity index (χ1) is 5.52. The van der Waals surface area contributed by atoms with E-state index in [0.29, 0.717) is 0 Å². The first-order valence-electron chi connectivity index (χ1n) is 3.87. The van der Waals surface area contributed by atoms with E-state index in [9.17, 15) is 4.57 Å². The van der Waals surface area contributed by atoms with Crippen LogP contribution in [0.1, 0.15) is 11.3 Å². The van der Waals surface area contributed by atoms with E-state index in [1.807, 2.05) is 30.3 Å². The molecular formula is C9H14NOP. The van der Waals surface area contributed by atoms with Crippen molar-refractivity contribution in [2.75, 3.05) is 13.3 Å². The van der Waals surface area contributed by atoms with Gasteiger partial charge >= 0.3 is 0 Å². The summed E-state index contributed by atoms with van der Waals surface area (Å²) in [4.78, 5) is 0. The van der Waals surface area contributed by atoms with E-state index >= 15 is 0 Å². The van der Waals surface area contributed by atoms with E-state index < -0.39 is 7.14 Å². The molecule has 0 aliphatic heterocycles. The first-order valence-corrected chi connectivity index (χ1v) is 6.54. The highest BCUT2D eigenvalue weighted by atomic mass is 31.2. The van der Waals surface area contributed by atoms with E-state index in [2.05, 4.69) is 0 Å². The first kappa shape index (κ1) is 9.50. The van der Waals surface area contributed by atoms with Crippen LogP contribution in [0.3, 0.4) is 0 Å². The Morgan fingerprint density at radius 1 is 1.25 bits per heavy atom. The van der Waals surface area contributed by atoms with E-state index in [1.54, 1.807) is 13.3 Å². The third-order valence-electron chi connectivity index (χ3n) is 1.81. The molecule has 1 atom stereocenters. The van der Waals surface area contributed by atoms with Crippen LogP contribution in [0, 0.1) is 0 Å². The zero-order valence-corrected chi connectivity index (χ0v) is 8.29. The van der Waals surface area contributed by atoms with Crippen molar-refractivity contribution >= 4 is 7.14 Å². The normalized spacial score (nSPS) is 14.2. The molecule has 0 radical (unpaired) electrons. The third kappa shape index (κ3) is 2.20. The molecule has 0 saturated heterocycles. The highest BCUT2D eigenvalue weighted by Crippen LogP contribution is 2.48. The predicted molar refractivity (Wildman–Crippen MR) is 52.8 cm³/mol. The van der Waals surface area contributed by atoms with Gasteiger partial charge in [0.2, 0.25) is 0 Å². The van der Waals surface area contributed by atoms with Crippen molar-refractivity contribution in [2.24, 2.45) is 5.73 Å². The van der Waals surface area contributed by atoms with Gasteiger partial charge in [0, 0.05) is 0 Å². The van der Waals surface area contributed by atoms with Crippen LogP contribution < -0.4 is 5.73 Å². The van der Waals surface area contributed by atoms with Crippen LogP contribution in [-0.4, -0.2) is 13.3 Å². The fourth-order valence-corrected chi connectivity index (χ4v) is 1.90. The second-order valence-electron chi connectivity index (χ2n) is 3.29. The Bertz CT molecular complexity index is 291. The molecule has 0 unspecified atom stereocenters. The maximum atomic E-state index is 11.6. The monoisotopic (exact) mass is 183 g/mol. The summed E-state index contributed by atoms with van der Waals surface area (Å²) in [6.45, 7) is 3.43. The summed E-state index contributed by atoms with van der Waals surface area (Å²) in [5.74, 6) is -0.321. The Balaban J connectivity index is 2.94. The SMILES string of the molecule is CP(C)(=O)[C@H](N)c1ccccc1. The Morgan fingerprint density at radius 3 is 2.17 bits per heavy atom. The van der Waals surface area contributed by atoms with Crippen LogP contribution in [0.5, 0.6) is 0 Å². The molecule has 3 heteroatoms. The van der Waals surface area contributed by atoms with Crippen molar-refractivity contribution in [3.8, 4) is 0 Å². The number of benzene rings is 1. The van der Waals surface area contributed by atoms with E-state index in [-0.39, 0.29) is 5.78 Å². The number of rotatable bonds is 2. The molecule has 0 aromatic heterocycles. The Kier molecular flexibility index (Phi) is 2.71. The van der Waals surface area contributed by atoms with Gasteiger partial charge in [-0.3, -0.25) is 0 Å². The van der Waals surface area contributed by atoms with Gasteiger partial charge in [-0.1, -0.05) is 30.3 Å². The van der Waals surface area contributed by atoms with Crippen LogP contribution in [0.4, 0.5) is 0 Å². The molecule has 0 heterocycles. The molecule has 0 bridgehead atoms. The molecule has 1 aromatic carbocycles. The summed E-state index contributed by atoms with van der Waals surface area (Å²) in [6.07, 6.45) is 0. The lowest BCUT2D eigenvalue weighted by atomic mass is 10.2. The molecule has 2 nitrogen and oxygen atoms in total. The van der Waals surface area contributed by atoms with Gasteiger partial charge in [0.15, 0.2) is 0 Å². The number of hydrogen-bond acceptors (Lipinski definition) is 2. The van der Waals surface area contributed by atoms with Crippen LogP contribution in [0.25, 0.3) is 0 Å². The fraction of sp³-hybridized carbons (Fsp3) is 0.333. The zero-order valence-electron chi connectivity index (χ0n) is 7.40. The summed E-state index contributed by atoms with van der Waals surface area (Å²) in [7, 11) is -2.20. The Hall–Kier alpha value is -0.590. The predicted octanol–water partition coefficient (Wildman–Crippen LogP) is 2.27. The second kappa shape index (κ2) is 3.42. The van der Waals surface area contributed by atoms with Gasteiger partial charge in [-0.2, -0.15) is 0 Å². The van der Waals surface area contributed by atoms with E-state index in [0.717, 1.165) is 5.56 Å². The largest absolute Gasteiger partial charge is 0.322 e. The molecule has 12 heavy (non-hydrogen) atoms. The maximum Gasteiger partial charge on any atom is 0.102 e. The molecule has 1 rings (SSSR count). The van der Waals surface area contributed by atoms with Crippen molar-refractivity contribution in [3.05, 3.63) is 35.9 Å². The van der Waals surface area contributed by atoms with Crippen molar-refractivity contribution in [1.29, 1.82) is 0 Å². The summed E-state index contributed by atoms with van der Waals surface area (Å²) in [6, 6.07) is 9.55. The lowest BCUT2D eigenvalue weighted by molar-refractivity contribution is 0.574. The highest BCUT2D eigenvalue weighted by molar-refractivity contribution is 7.62. The van der Waals surface area contributed by atoms with Gasteiger partial charge in [0.25, 0.3) is 0 Å². The molecule has 2 N–H and O–H groups in total. The molecule has 0 amide bonds. The summed E-state index contributed by atoms with van der Waals surface area (Å²) < 4.78 is 11.6. The minimum absolute atomic E-state index is 0.321. The molecule has 0 aliphatic rings. The average molecular weight is 183 g/mol. The Morgan fingerprint density at radius 2 is 1.75 bits per heavy atom. The Labute approximate surface area is 73.2 Å². The minimum atomic E-state index is -2.20. The summed E-state index contributed by atoms with van der Waals surface area (Å²) >= 11 is 0. The van der Waals surface area contributed by atoms with Crippen molar-refractivity contribution < 1.29 is 4.57 Å². The van der Waals surface area contributed by atoms with Crippen LogP contribution >= 0.6 is 7.14 Å². The molecule has 1 aromatic rings. The summed E-state index contributed by atoms with van der Waals surface area (Å²) in [5, 5.41) is 0. The quantitative estimate of drug-likeness (QED) is 0.714. The van der Waals surface area contributed by atoms with Crippen LogP contribution in [0.2, 0.25) is 0 Å². The highest BCUT2D eigenvalue weighted by Gasteiger charge is 2.19. The fourth-order valence-electron chi connectivity index (χ4n) is 1.01. The molecular weight excluding hydrogens is 169 g/mol. The maximum absolute atomic E-state index is 11.6. The van der Waals surface area contributed by atoms with Crippen LogP contribution in [0.15, 0.2) is 30.3 Å². The van der Waals surface area contributed by atoms with Crippen molar-refractivity contribution in [3.63, 3.8) is 0 Å². The summed E-state index contributed by atoms with van der Waals surface area (Å²) in [5.41, 5.74) is 6.76. The lowest BCUT2D eigenvalue weighted by Gasteiger charge is -2.16. The third-order valence-corrected chi connectivity index (χ3v) is 3.45. The standard InChI is InChI=1S/C9H14NOP/c1-12(2,11)9(10)8-6-4-3-5-7-8/h3-7,9H,10H2,1-2H3/t9-/m0/s1. The van der Waals surface area contributed by atoms with Gasteiger partial charge in [-0.05, 0) is 18.9 Å².